The topological polar surface area (TPSA) is 53.4 Å². The summed E-state index contributed by atoms with van der Waals surface area (Å²) in [7, 11) is 0. The Hall–Kier alpha value is -3.59. The number of halogens is 5. The summed E-state index contributed by atoms with van der Waals surface area (Å²) in [6, 6.07) is 13.4. The Morgan fingerprint density at radius 2 is 1.85 bits per heavy atom. The Labute approximate surface area is 190 Å². The summed E-state index contributed by atoms with van der Waals surface area (Å²) >= 11 is 5.99. The third-order valence-electron chi connectivity index (χ3n) is 4.71. The summed E-state index contributed by atoms with van der Waals surface area (Å²) in [6.45, 7) is 1.76. The molecule has 0 aliphatic rings. The maximum absolute atomic E-state index is 14.9. The second-order valence-corrected chi connectivity index (χ2v) is 7.24. The van der Waals surface area contributed by atoms with E-state index in [2.05, 4.69) is 5.10 Å². The highest BCUT2D eigenvalue weighted by atomic mass is 35.5. The predicted molar refractivity (Wildman–Crippen MR) is 114 cm³/mol. The molecule has 10 heteroatoms. The number of hydrogen-bond donors (Lipinski definition) is 0. The van der Waals surface area contributed by atoms with Crippen molar-refractivity contribution in [2.75, 3.05) is 6.61 Å². The molecule has 0 radical (unpaired) electrons. The molecule has 0 unspecified atom stereocenters. The molecule has 4 aromatic rings. The van der Waals surface area contributed by atoms with Gasteiger partial charge in [-0.05, 0) is 49.4 Å². The number of nitrogens with zero attached hydrogens (tertiary/aromatic N) is 2. The monoisotopic (exact) mass is 478 g/mol. The minimum Gasteiger partial charge on any atom is -0.462 e. The van der Waals surface area contributed by atoms with Crippen molar-refractivity contribution >= 4 is 28.5 Å². The third kappa shape index (κ3) is 4.36. The number of ether oxygens (including phenoxy) is 2. The summed E-state index contributed by atoms with van der Waals surface area (Å²) in [4.78, 5) is 11.9. The molecule has 33 heavy (non-hydrogen) atoms. The van der Waals surface area contributed by atoms with E-state index in [-0.39, 0.29) is 28.8 Å². The van der Waals surface area contributed by atoms with E-state index in [1.807, 2.05) is 0 Å². The summed E-state index contributed by atoms with van der Waals surface area (Å²) in [5.41, 5.74) is -0.726. The standard InChI is InChI=1S/C23H15ClF4N2O3/c1-2-32-22(31)13-10-11-19(17(25)12-13)30-18-9-4-3-6-14(18)21(29-30)33-20-15(23(26,27)28)7-5-8-16(20)24/h3-12H,2H2,1H3. The van der Waals surface area contributed by atoms with E-state index < -0.39 is 29.3 Å². The van der Waals surface area contributed by atoms with Crippen LogP contribution in [0.3, 0.4) is 0 Å². The minimum atomic E-state index is -4.71. The van der Waals surface area contributed by atoms with E-state index in [0.717, 1.165) is 18.2 Å². The fraction of sp³-hybridized carbons (Fsp3) is 0.130. The van der Waals surface area contributed by atoms with Crippen molar-refractivity contribution in [1.29, 1.82) is 0 Å². The molecule has 0 saturated heterocycles. The number of alkyl halides is 3. The predicted octanol–water partition coefficient (Wildman–Crippen LogP) is 6.81. The summed E-state index contributed by atoms with van der Waals surface area (Å²) in [6.07, 6.45) is -4.71. The van der Waals surface area contributed by atoms with Gasteiger partial charge in [0.2, 0.25) is 5.88 Å². The molecular formula is C23H15ClF4N2O3. The molecule has 0 spiro atoms. The lowest BCUT2D eigenvalue weighted by Gasteiger charge is -2.13. The number of benzene rings is 3. The maximum atomic E-state index is 14.9. The van der Waals surface area contributed by atoms with Gasteiger partial charge in [0.15, 0.2) is 5.75 Å². The summed E-state index contributed by atoms with van der Waals surface area (Å²) in [5.74, 6) is -2.27. The van der Waals surface area contributed by atoms with E-state index in [9.17, 15) is 22.4 Å². The Balaban J connectivity index is 1.82. The van der Waals surface area contributed by atoms with Crippen molar-refractivity contribution in [3.8, 4) is 17.3 Å². The quantitative estimate of drug-likeness (QED) is 0.234. The van der Waals surface area contributed by atoms with Crippen LogP contribution in [0, 0.1) is 5.82 Å². The first-order chi connectivity index (χ1) is 15.7. The number of carbonyl (C=O) groups excluding carboxylic acids is 1. The molecule has 1 heterocycles. The van der Waals surface area contributed by atoms with Crippen molar-refractivity contribution in [1.82, 2.24) is 9.78 Å². The van der Waals surface area contributed by atoms with E-state index in [1.165, 1.54) is 22.9 Å². The fourth-order valence-corrected chi connectivity index (χ4v) is 3.46. The van der Waals surface area contributed by atoms with Crippen LogP contribution in [0.2, 0.25) is 5.02 Å². The average Bonchev–Trinajstić information content (AvgIpc) is 3.13. The molecule has 0 atom stereocenters. The molecular weight excluding hydrogens is 464 g/mol. The maximum Gasteiger partial charge on any atom is 0.420 e. The second kappa shape index (κ2) is 8.74. The molecule has 5 nitrogen and oxygen atoms in total. The van der Waals surface area contributed by atoms with Crippen LogP contribution in [0.4, 0.5) is 17.6 Å². The largest absolute Gasteiger partial charge is 0.462 e. The van der Waals surface area contributed by atoms with Gasteiger partial charge < -0.3 is 9.47 Å². The summed E-state index contributed by atoms with van der Waals surface area (Å²) in [5, 5.41) is 4.28. The van der Waals surface area contributed by atoms with Crippen LogP contribution in [0.1, 0.15) is 22.8 Å². The highest BCUT2D eigenvalue weighted by molar-refractivity contribution is 6.32. The van der Waals surface area contributed by atoms with Gasteiger partial charge in [-0.3, -0.25) is 0 Å². The van der Waals surface area contributed by atoms with E-state index in [4.69, 9.17) is 21.1 Å². The zero-order valence-electron chi connectivity index (χ0n) is 17.0. The minimum absolute atomic E-state index is 0.0110. The van der Waals surface area contributed by atoms with Gasteiger partial charge in [0, 0.05) is 0 Å². The smallest absolute Gasteiger partial charge is 0.420 e. The van der Waals surface area contributed by atoms with E-state index >= 15 is 0 Å². The van der Waals surface area contributed by atoms with Crippen LogP contribution in [0.5, 0.6) is 11.6 Å². The van der Waals surface area contributed by atoms with Crippen LogP contribution in [-0.4, -0.2) is 22.4 Å². The number of rotatable bonds is 5. The molecule has 4 rings (SSSR count). The third-order valence-corrected chi connectivity index (χ3v) is 5.01. The highest BCUT2D eigenvalue weighted by Gasteiger charge is 2.36. The normalized spacial score (nSPS) is 11.6. The first-order valence-corrected chi connectivity index (χ1v) is 10.1. The van der Waals surface area contributed by atoms with Crippen LogP contribution in [0.15, 0.2) is 60.7 Å². The van der Waals surface area contributed by atoms with Crippen molar-refractivity contribution in [3.05, 3.63) is 82.6 Å². The molecule has 0 amide bonds. The van der Waals surface area contributed by atoms with E-state index in [0.29, 0.717) is 10.9 Å². The van der Waals surface area contributed by atoms with Gasteiger partial charge >= 0.3 is 12.1 Å². The Morgan fingerprint density at radius 1 is 1.09 bits per heavy atom. The zero-order valence-corrected chi connectivity index (χ0v) is 17.7. The van der Waals surface area contributed by atoms with Gasteiger partial charge in [-0.25, -0.2) is 13.9 Å². The lowest BCUT2D eigenvalue weighted by Crippen LogP contribution is -2.08. The average molecular weight is 479 g/mol. The Kier molecular flexibility index (Phi) is 5.99. The van der Waals surface area contributed by atoms with Gasteiger partial charge in [-0.2, -0.15) is 13.2 Å². The van der Waals surface area contributed by atoms with Gasteiger partial charge in [0.1, 0.15) is 11.5 Å². The Morgan fingerprint density at radius 3 is 2.55 bits per heavy atom. The van der Waals surface area contributed by atoms with Crippen LogP contribution < -0.4 is 4.74 Å². The number of fused-ring (bicyclic) bond motifs is 1. The SMILES string of the molecule is CCOC(=O)c1ccc(-n2nc(Oc3c(Cl)cccc3C(F)(F)F)c3ccccc32)c(F)c1. The fourth-order valence-electron chi connectivity index (χ4n) is 3.25. The first kappa shape index (κ1) is 22.6. The molecule has 0 N–H and O–H groups in total. The highest BCUT2D eigenvalue weighted by Crippen LogP contribution is 2.43. The molecule has 0 aliphatic heterocycles. The lowest BCUT2D eigenvalue weighted by atomic mass is 10.2. The molecule has 0 saturated carbocycles. The first-order valence-electron chi connectivity index (χ1n) is 9.69. The van der Waals surface area contributed by atoms with Crippen LogP contribution >= 0.6 is 11.6 Å². The molecule has 1 aromatic heterocycles. The number of para-hydroxylation sites is 2. The van der Waals surface area contributed by atoms with Crippen molar-refractivity contribution in [2.45, 2.75) is 13.1 Å². The zero-order chi connectivity index (χ0) is 23.8. The Bertz CT molecular complexity index is 1350. The van der Waals surface area contributed by atoms with Gasteiger partial charge in [-0.1, -0.05) is 29.8 Å². The number of carbonyl (C=O) groups is 1. The van der Waals surface area contributed by atoms with Crippen molar-refractivity contribution in [3.63, 3.8) is 0 Å². The number of hydrogen-bond acceptors (Lipinski definition) is 4. The second-order valence-electron chi connectivity index (χ2n) is 6.84. The van der Waals surface area contributed by atoms with Crippen LogP contribution in [0.25, 0.3) is 16.6 Å². The number of esters is 1. The molecule has 170 valence electrons. The van der Waals surface area contributed by atoms with Gasteiger partial charge in [0.05, 0.1) is 33.7 Å². The van der Waals surface area contributed by atoms with Gasteiger partial charge in [-0.15, -0.1) is 5.10 Å². The van der Waals surface area contributed by atoms with Gasteiger partial charge in [0.25, 0.3) is 0 Å². The number of aromatic nitrogens is 2. The molecule has 0 bridgehead atoms. The lowest BCUT2D eigenvalue weighted by molar-refractivity contribution is -0.138. The van der Waals surface area contributed by atoms with Crippen molar-refractivity contribution < 1.29 is 31.8 Å². The molecule has 0 fully saturated rings. The molecule has 0 aliphatic carbocycles. The van der Waals surface area contributed by atoms with E-state index in [1.54, 1.807) is 31.2 Å². The summed E-state index contributed by atoms with van der Waals surface area (Å²) < 4.78 is 66.9. The van der Waals surface area contributed by atoms with Crippen molar-refractivity contribution in [2.24, 2.45) is 0 Å². The van der Waals surface area contributed by atoms with Crippen LogP contribution in [-0.2, 0) is 10.9 Å². The molecule has 3 aromatic carbocycles.